The van der Waals surface area contributed by atoms with Crippen molar-refractivity contribution in [1.29, 1.82) is 0 Å². The molecule has 2 aromatic carbocycles. The molecule has 1 N–H and O–H groups in total. The molecule has 142 valence electrons. The molecule has 0 spiro atoms. The van der Waals surface area contributed by atoms with Gasteiger partial charge in [-0.25, -0.2) is 18.0 Å². The second kappa shape index (κ2) is 7.40. The van der Waals surface area contributed by atoms with Crippen LogP contribution >= 0.6 is 0 Å². The summed E-state index contributed by atoms with van der Waals surface area (Å²) >= 11 is 0. The van der Waals surface area contributed by atoms with E-state index in [1.165, 1.54) is 29.2 Å². The Labute approximate surface area is 153 Å². The van der Waals surface area contributed by atoms with E-state index in [-0.39, 0.29) is 24.6 Å². The van der Waals surface area contributed by atoms with E-state index in [0.717, 1.165) is 12.1 Å². The van der Waals surface area contributed by atoms with Crippen LogP contribution in [0.15, 0.2) is 36.4 Å². The van der Waals surface area contributed by atoms with Crippen molar-refractivity contribution in [3.63, 3.8) is 0 Å². The largest absolute Gasteiger partial charge is 0.479 e. The Kier molecular flexibility index (Phi) is 5.18. The number of carboxylic acid groups (broad SMARTS) is 1. The molecule has 0 aliphatic carbocycles. The van der Waals surface area contributed by atoms with Crippen molar-refractivity contribution in [3.8, 4) is 11.1 Å². The molecule has 2 atom stereocenters. The number of carbonyl (C=O) groups is 2. The first-order valence-corrected chi connectivity index (χ1v) is 8.18. The lowest BCUT2D eigenvalue weighted by Gasteiger charge is -2.35. The summed E-state index contributed by atoms with van der Waals surface area (Å²) in [6, 6.07) is 7.64. The van der Waals surface area contributed by atoms with Crippen LogP contribution in [0.1, 0.15) is 17.3 Å². The van der Waals surface area contributed by atoms with Crippen molar-refractivity contribution in [3.05, 3.63) is 59.4 Å². The maximum absolute atomic E-state index is 13.4. The summed E-state index contributed by atoms with van der Waals surface area (Å²) in [6.45, 7) is 1.85. The van der Waals surface area contributed by atoms with E-state index in [9.17, 15) is 22.8 Å². The van der Waals surface area contributed by atoms with Gasteiger partial charge in [0.25, 0.3) is 5.91 Å². The van der Waals surface area contributed by atoms with Gasteiger partial charge in [-0.05, 0) is 42.3 Å². The topological polar surface area (TPSA) is 66.8 Å². The zero-order chi connectivity index (χ0) is 19.7. The molecule has 0 bridgehead atoms. The number of carboxylic acids is 1. The molecule has 1 aliphatic heterocycles. The van der Waals surface area contributed by atoms with E-state index in [4.69, 9.17) is 9.84 Å². The van der Waals surface area contributed by atoms with Crippen molar-refractivity contribution >= 4 is 11.9 Å². The zero-order valence-electron chi connectivity index (χ0n) is 14.3. The van der Waals surface area contributed by atoms with Gasteiger partial charge in [0.2, 0.25) is 0 Å². The van der Waals surface area contributed by atoms with E-state index >= 15 is 0 Å². The molecule has 27 heavy (non-hydrogen) atoms. The van der Waals surface area contributed by atoms with Crippen LogP contribution in [0.25, 0.3) is 11.1 Å². The highest BCUT2D eigenvalue weighted by Gasteiger charge is 2.33. The van der Waals surface area contributed by atoms with Gasteiger partial charge in [0.05, 0.1) is 12.6 Å². The number of morpholine rings is 1. The van der Waals surface area contributed by atoms with Crippen LogP contribution in [0, 0.1) is 17.5 Å². The highest BCUT2D eigenvalue weighted by Crippen LogP contribution is 2.25. The van der Waals surface area contributed by atoms with Gasteiger partial charge in [-0.2, -0.15) is 0 Å². The van der Waals surface area contributed by atoms with E-state index < -0.39 is 35.6 Å². The summed E-state index contributed by atoms with van der Waals surface area (Å²) in [6.07, 6.45) is -1.52. The number of hydrogen-bond acceptors (Lipinski definition) is 3. The molecular formula is C19H16F3NO4. The van der Waals surface area contributed by atoms with E-state index in [1.54, 1.807) is 6.92 Å². The van der Waals surface area contributed by atoms with Crippen LogP contribution in [-0.4, -0.2) is 47.2 Å². The van der Waals surface area contributed by atoms with Gasteiger partial charge in [-0.15, -0.1) is 0 Å². The Morgan fingerprint density at radius 1 is 1.04 bits per heavy atom. The third-order valence-corrected chi connectivity index (χ3v) is 4.27. The number of carbonyl (C=O) groups excluding carboxylic acids is 1. The van der Waals surface area contributed by atoms with Crippen LogP contribution in [0.2, 0.25) is 0 Å². The molecule has 0 saturated carbocycles. The van der Waals surface area contributed by atoms with Gasteiger partial charge in [0.15, 0.2) is 23.6 Å². The van der Waals surface area contributed by atoms with Crippen molar-refractivity contribution in [1.82, 2.24) is 4.90 Å². The molecule has 1 amide bonds. The minimum atomic E-state index is -1.54. The Morgan fingerprint density at radius 2 is 1.63 bits per heavy atom. The van der Waals surface area contributed by atoms with Crippen molar-refractivity contribution in [2.45, 2.75) is 19.1 Å². The number of halogens is 3. The SMILES string of the molecule is C[C@@H]1CN(C(=O)c2ccc(-c3cc(F)c(F)c(F)c3)cc2)CC(C(=O)O)O1. The Hall–Kier alpha value is -2.87. The van der Waals surface area contributed by atoms with Gasteiger partial charge in [0.1, 0.15) is 0 Å². The first-order chi connectivity index (χ1) is 12.8. The standard InChI is InChI=1S/C19H16F3NO4/c1-10-8-23(9-16(27-10)19(25)26)18(24)12-4-2-11(3-5-12)13-6-14(20)17(22)15(21)7-13/h2-7,10,16H,8-9H2,1H3,(H,25,26)/t10-,16?/m1/s1. The minimum Gasteiger partial charge on any atom is -0.479 e. The predicted molar refractivity (Wildman–Crippen MR) is 89.6 cm³/mol. The fourth-order valence-corrected chi connectivity index (χ4v) is 2.96. The molecule has 1 aliphatic rings. The third kappa shape index (κ3) is 3.95. The number of aliphatic carboxylic acids is 1. The summed E-state index contributed by atoms with van der Waals surface area (Å²) < 4.78 is 45.1. The van der Waals surface area contributed by atoms with Gasteiger partial charge >= 0.3 is 5.97 Å². The average Bonchev–Trinajstić information content (AvgIpc) is 2.64. The van der Waals surface area contributed by atoms with Crippen molar-refractivity contribution in [2.24, 2.45) is 0 Å². The average molecular weight is 379 g/mol. The number of nitrogens with zero attached hydrogens (tertiary/aromatic N) is 1. The predicted octanol–water partition coefficient (Wildman–Crippen LogP) is 3.09. The molecule has 2 aromatic rings. The lowest BCUT2D eigenvalue weighted by atomic mass is 10.0. The molecule has 0 aromatic heterocycles. The van der Waals surface area contributed by atoms with Crippen LogP contribution < -0.4 is 0 Å². The van der Waals surface area contributed by atoms with Gasteiger partial charge in [0, 0.05) is 12.1 Å². The molecule has 1 fully saturated rings. The Morgan fingerprint density at radius 3 is 2.19 bits per heavy atom. The van der Waals surface area contributed by atoms with Crippen molar-refractivity contribution in [2.75, 3.05) is 13.1 Å². The highest BCUT2D eigenvalue weighted by atomic mass is 19.2. The summed E-state index contributed by atoms with van der Waals surface area (Å²) in [5, 5.41) is 9.10. The highest BCUT2D eigenvalue weighted by molar-refractivity contribution is 5.95. The summed E-state index contributed by atoms with van der Waals surface area (Å²) in [7, 11) is 0. The maximum atomic E-state index is 13.4. The van der Waals surface area contributed by atoms with E-state index in [0.29, 0.717) is 11.1 Å². The van der Waals surface area contributed by atoms with Crippen molar-refractivity contribution < 1.29 is 32.6 Å². The molecule has 5 nitrogen and oxygen atoms in total. The van der Waals surface area contributed by atoms with E-state index in [1.807, 2.05) is 0 Å². The molecule has 0 radical (unpaired) electrons. The number of benzene rings is 2. The quantitative estimate of drug-likeness (QED) is 0.833. The van der Waals surface area contributed by atoms with Gasteiger partial charge in [-0.3, -0.25) is 4.79 Å². The Balaban J connectivity index is 1.81. The maximum Gasteiger partial charge on any atom is 0.334 e. The van der Waals surface area contributed by atoms with Gasteiger partial charge in [-0.1, -0.05) is 12.1 Å². The number of ether oxygens (including phenoxy) is 1. The van der Waals surface area contributed by atoms with Crippen LogP contribution in [0.4, 0.5) is 13.2 Å². The number of hydrogen-bond donors (Lipinski definition) is 1. The smallest absolute Gasteiger partial charge is 0.334 e. The first-order valence-electron chi connectivity index (χ1n) is 8.18. The molecule has 1 heterocycles. The summed E-state index contributed by atoms with van der Waals surface area (Å²) in [5.74, 6) is -5.66. The lowest BCUT2D eigenvalue weighted by Crippen LogP contribution is -2.51. The molecule has 8 heteroatoms. The van der Waals surface area contributed by atoms with Crippen LogP contribution in [0.3, 0.4) is 0 Å². The van der Waals surface area contributed by atoms with Gasteiger partial charge < -0.3 is 14.7 Å². The second-order valence-electron chi connectivity index (χ2n) is 6.31. The van der Waals surface area contributed by atoms with Crippen LogP contribution in [-0.2, 0) is 9.53 Å². The zero-order valence-corrected chi connectivity index (χ0v) is 14.3. The molecular weight excluding hydrogens is 363 g/mol. The Bertz CT molecular complexity index is 862. The number of rotatable bonds is 3. The van der Waals surface area contributed by atoms with E-state index in [2.05, 4.69) is 0 Å². The third-order valence-electron chi connectivity index (χ3n) is 4.27. The molecule has 1 saturated heterocycles. The second-order valence-corrected chi connectivity index (χ2v) is 6.31. The summed E-state index contributed by atoms with van der Waals surface area (Å²) in [4.78, 5) is 25.1. The first kappa shape index (κ1) is 18.9. The monoisotopic (exact) mass is 379 g/mol. The molecule has 3 rings (SSSR count). The fourth-order valence-electron chi connectivity index (χ4n) is 2.96. The fraction of sp³-hybridized carbons (Fsp3) is 0.263. The minimum absolute atomic E-state index is 0.0748. The summed E-state index contributed by atoms with van der Waals surface area (Å²) in [5.41, 5.74) is 0.833. The van der Waals surface area contributed by atoms with Crippen LogP contribution in [0.5, 0.6) is 0 Å². The normalized spacial score (nSPS) is 19.8. The number of amides is 1. The lowest BCUT2D eigenvalue weighted by molar-refractivity contribution is -0.160. The molecule has 1 unspecified atom stereocenters.